The van der Waals surface area contributed by atoms with Crippen LogP contribution in [-0.4, -0.2) is 57.2 Å². The molecule has 2 aliphatic heterocycles. The van der Waals surface area contributed by atoms with E-state index in [1.54, 1.807) is 23.4 Å². The van der Waals surface area contributed by atoms with Gasteiger partial charge in [0.15, 0.2) is 0 Å². The Hall–Kier alpha value is -2.54. The van der Waals surface area contributed by atoms with Crippen molar-refractivity contribution in [3.8, 4) is 5.88 Å². The Morgan fingerprint density at radius 3 is 3.04 bits per heavy atom. The first-order valence-electron chi connectivity index (χ1n) is 8.01. The van der Waals surface area contributed by atoms with Crippen LogP contribution in [0.3, 0.4) is 0 Å². The van der Waals surface area contributed by atoms with Crippen molar-refractivity contribution in [1.82, 2.24) is 19.9 Å². The zero-order valence-electron chi connectivity index (χ0n) is 13.2. The summed E-state index contributed by atoms with van der Waals surface area (Å²) in [5.74, 6) is 0.530. The summed E-state index contributed by atoms with van der Waals surface area (Å²) in [5, 5.41) is 0. The lowest BCUT2D eigenvalue weighted by atomic mass is 9.98. The van der Waals surface area contributed by atoms with E-state index < -0.39 is 0 Å². The third kappa shape index (κ3) is 2.94. The van der Waals surface area contributed by atoms with E-state index in [4.69, 9.17) is 9.47 Å². The van der Waals surface area contributed by atoms with Crippen LogP contribution in [0.4, 0.5) is 0 Å². The number of pyridine rings is 1. The highest BCUT2D eigenvalue weighted by Gasteiger charge is 2.47. The number of rotatable bonds is 3. The van der Waals surface area contributed by atoms with Gasteiger partial charge in [-0.2, -0.15) is 0 Å². The van der Waals surface area contributed by atoms with Crippen LogP contribution in [0.15, 0.2) is 43.0 Å². The Morgan fingerprint density at radius 1 is 1.29 bits per heavy atom. The SMILES string of the molecule is O=C(c1ccncn1)N1CC[C@]2(C[C@H](Oc3ccccn3)CO2)C1. The van der Waals surface area contributed by atoms with Crippen molar-refractivity contribution in [1.29, 1.82) is 0 Å². The number of hydrogen-bond donors (Lipinski definition) is 0. The van der Waals surface area contributed by atoms with Gasteiger partial charge in [-0.05, 0) is 18.6 Å². The summed E-state index contributed by atoms with van der Waals surface area (Å²) in [7, 11) is 0. The number of amides is 1. The molecule has 2 aromatic heterocycles. The number of carbonyl (C=O) groups excluding carboxylic acids is 1. The third-order valence-corrected chi connectivity index (χ3v) is 4.50. The molecular formula is C17H18N4O3. The molecule has 0 N–H and O–H groups in total. The second-order valence-corrected chi connectivity index (χ2v) is 6.18. The van der Waals surface area contributed by atoms with Crippen LogP contribution in [0, 0.1) is 0 Å². The molecule has 2 saturated heterocycles. The minimum Gasteiger partial charge on any atom is -0.472 e. The van der Waals surface area contributed by atoms with Crippen LogP contribution in [0.5, 0.6) is 5.88 Å². The van der Waals surface area contributed by atoms with Gasteiger partial charge >= 0.3 is 0 Å². The summed E-state index contributed by atoms with van der Waals surface area (Å²) in [4.78, 5) is 26.4. The fourth-order valence-corrected chi connectivity index (χ4v) is 3.35. The van der Waals surface area contributed by atoms with Crippen LogP contribution in [-0.2, 0) is 4.74 Å². The maximum absolute atomic E-state index is 12.5. The molecule has 0 aliphatic carbocycles. The number of likely N-dealkylation sites (tertiary alicyclic amines) is 1. The highest BCUT2D eigenvalue weighted by Crippen LogP contribution is 2.36. The summed E-state index contributed by atoms with van der Waals surface area (Å²) in [6.07, 6.45) is 6.22. The van der Waals surface area contributed by atoms with Gasteiger partial charge in [-0.25, -0.2) is 15.0 Å². The molecule has 1 spiro atoms. The number of aromatic nitrogens is 3. The number of carbonyl (C=O) groups is 1. The van der Waals surface area contributed by atoms with Crippen LogP contribution < -0.4 is 4.74 Å². The van der Waals surface area contributed by atoms with E-state index in [1.165, 1.54) is 6.33 Å². The van der Waals surface area contributed by atoms with E-state index in [0.29, 0.717) is 31.3 Å². The zero-order valence-corrected chi connectivity index (χ0v) is 13.2. The standard InChI is InChI=1S/C17H18N4O3/c22-16(14-4-7-18-12-20-14)21-8-5-17(11-21)9-13(10-23-17)24-15-3-1-2-6-19-15/h1-4,6-7,12-13H,5,8-11H2/t13-,17-/m0/s1. The van der Waals surface area contributed by atoms with E-state index in [9.17, 15) is 4.79 Å². The van der Waals surface area contributed by atoms with Crippen molar-refractivity contribution in [2.45, 2.75) is 24.5 Å². The molecule has 0 radical (unpaired) electrons. The number of nitrogens with zero attached hydrogens (tertiary/aromatic N) is 4. The highest BCUT2D eigenvalue weighted by molar-refractivity contribution is 5.92. The Balaban J connectivity index is 1.39. The summed E-state index contributed by atoms with van der Waals surface area (Å²) < 4.78 is 11.9. The second kappa shape index (κ2) is 6.16. The van der Waals surface area contributed by atoms with Crippen LogP contribution >= 0.6 is 0 Å². The van der Waals surface area contributed by atoms with E-state index in [2.05, 4.69) is 15.0 Å². The Kier molecular flexibility index (Phi) is 3.86. The Bertz CT molecular complexity index is 712. The molecule has 124 valence electrons. The normalized spacial score (nSPS) is 26.0. The molecule has 2 aromatic rings. The molecule has 0 aromatic carbocycles. The van der Waals surface area contributed by atoms with Gasteiger partial charge in [0.25, 0.3) is 5.91 Å². The molecule has 7 heteroatoms. The van der Waals surface area contributed by atoms with Gasteiger partial charge < -0.3 is 14.4 Å². The smallest absolute Gasteiger partial charge is 0.272 e. The molecule has 2 aliphatic rings. The molecule has 24 heavy (non-hydrogen) atoms. The summed E-state index contributed by atoms with van der Waals surface area (Å²) >= 11 is 0. The van der Waals surface area contributed by atoms with Gasteiger partial charge in [0.2, 0.25) is 5.88 Å². The molecule has 4 rings (SSSR count). The average molecular weight is 326 g/mol. The molecular weight excluding hydrogens is 308 g/mol. The molecule has 2 atom stereocenters. The Labute approximate surface area is 139 Å². The summed E-state index contributed by atoms with van der Waals surface area (Å²) in [6, 6.07) is 7.22. The zero-order chi connectivity index (χ0) is 16.4. The minimum atomic E-state index is -0.317. The van der Waals surface area contributed by atoms with E-state index >= 15 is 0 Å². The lowest BCUT2D eigenvalue weighted by molar-refractivity contribution is 0.00979. The average Bonchev–Trinajstić information content (AvgIpc) is 3.23. The lowest BCUT2D eigenvalue weighted by Crippen LogP contribution is -2.36. The predicted octanol–water partition coefficient (Wildman–Crippen LogP) is 1.32. The van der Waals surface area contributed by atoms with Gasteiger partial charge in [0.05, 0.1) is 18.8 Å². The first-order valence-corrected chi connectivity index (χ1v) is 8.01. The van der Waals surface area contributed by atoms with Gasteiger partial charge in [-0.3, -0.25) is 4.79 Å². The fraction of sp³-hybridized carbons (Fsp3) is 0.412. The van der Waals surface area contributed by atoms with Crippen molar-refractivity contribution < 1.29 is 14.3 Å². The van der Waals surface area contributed by atoms with Crippen molar-refractivity contribution in [2.24, 2.45) is 0 Å². The topological polar surface area (TPSA) is 77.4 Å². The maximum atomic E-state index is 12.5. The number of ether oxygens (including phenoxy) is 2. The predicted molar refractivity (Wildman–Crippen MR) is 84.5 cm³/mol. The van der Waals surface area contributed by atoms with Crippen molar-refractivity contribution in [3.63, 3.8) is 0 Å². The van der Waals surface area contributed by atoms with Crippen molar-refractivity contribution >= 4 is 5.91 Å². The first-order chi connectivity index (χ1) is 11.7. The van der Waals surface area contributed by atoms with Gasteiger partial charge in [-0.1, -0.05) is 6.07 Å². The molecule has 2 fully saturated rings. The highest BCUT2D eigenvalue weighted by atomic mass is 16.6. The van der Waals surface area contributed by atoms with E-state index in [-0.39, 0.29) is 17.6 Å². The molecule has 0 unspecified atom stereocenters. The third-order valence-electron chi connectivity index (χ3n) is 4.50. The molecule has 0 bridgehead atoms. The monoisotopic (exact) mass is 326 g/mol. The minimum absolute atomic E-state index is 0.0333. The van der Waals surface area contributed by atoms with Crippen LogP contribution in [0.25, 0.3) is 0 Å². The van der Waals surface area contributed by atoms with Gasteiger partial charge in [0, 0.05) is 31.4 Å². The molecule has 7 nitrogen and oxygen atoms in total. The lowest BCUT2D eigenvalue weighted by Gasteiger charge is -2.23. The second-order valence-electron chi connectivity index (χ2n) is 6.18. The van der Waals surface area contributed by atoms with Gasteiger partial charge in [-0.15, -0.1) is 0 Å². The molecule has 4 heterocycles. The fourth-order valence-electron chi connectivity index (χ4n) is 3.35. The van der Waals surface area contributed by atoms with E-state index in [1.807, 2.05) is 18.2 Å². The largest absolute Gasteiger partial charge is 0.472 e. The van der Waals surface area contributed by atoms with Crippen molar-refractivity contribution in [2.75, 3.05) is 19.7 Å². The van der Waals surface area contributed by atoms with Gasteiger partial charge in [0.1, 0.15) is 18.1 Å². The molecule has 1 amide bonds. The summed E-state index contributed by atoms with van der Waals surface area (Å²) in [6.45, 7) is 1.75. The molecule has 0 saturated carbocycles. The van der Waals surface area contributed by atoms with Crippen molar-refractivity contribution in [3.05, 3.63) is 48.7 Å². The van der Waals surface area contributed by atoms with E-state index in [0.717, 1.165) is 12.8 Å². The quantitative estimate of drug-likeness (QED) is 0.847. The van der Waals surface area contributed by atoms with Crippen LogP contribution in [0.2, 0.25) is 0 Å². The Morgan fingerprint density at radius 2 is 2.25 bits per heavy atom. The number of hydrogen-bond acceptors (Lipinski definition) is 6. The van der Waals surface area contributed by atoms with Crippen LogP contribution in [0.1, 0.15) is 23.3 Å². The maximum Gasteiger partial charge on any atom is 0.272 e. The first kappa shape index (κ1) is 15.0. The summed E-state index contributed by atoms with van der Waals surface area (Å²) in [5.41, 5.74) is 0.101.